The maximum absolute atomic E-state index is 13.5. The Hall–Kier alpha value is -2.40. The maximum atomic E-state index is 13.5. The van der Waals surface area contributed by atoms with Crippen LogP contribution >= 0.6 is 11.6 Å². The Bertz CT molecular complexity index is 727. The first-order valence-corrected chi connectivity index (χ1v) is 7.31. The fourth-order valence-corrected chi connectivity index (χ4v) is 2.07. The topological polar surface area (TPSA) is 50.7 Å². The van der Waals surface area contributed by atoms with Gasteiger partial charge in [-0.1, -0.05) is 29.8 Å². The average Bonchev–Trinajstić information content (AvgIpc) is 2.51. The van der Waals surface area contributed by atoms with E-state index < -0.39 is 11.7 Å². The number of amides is 1. The van der Waals surface area contributed by atoms with Crippen LogP contribution in [0.5, 0.6) is 5.75 Å². The van der Waals surface area contributed by atoms with Crippen molar-refractivity contribution in [1.82, 2.24) is 5.43 Å². The Labute approximate surface area is 138 Å². The van der Waals surface area contributed by atoms with Crippen LogP contribution in [-0.4, -0.2) is 18.7 Å². The standard InChI is InChI=1S/C17H16ClFN2O2/c1-11-5-3-8-16(12(11)2)23-10-17(22)21-20-9-13-14(18)6-4-7-15(13)19/h3-9H,10H2,1-2H3,(H,21,22). The molecule has 0 unspecified atom stereocenters. The van der Waals surface area contributed by atoms with Gasteiger partial charge in [0, 0.05) is 5.56 Å². The molecule has 0 saturated carbocycles. The third kappa shape index (κ3) is 4.53. The van der Waals surface area contributed by atoms with E-state index in [-0.39, 0.29) is 17.2 Å². The Morgan fingerprint density at radius 3 is 2.78 bits per heavy atom. The molecule has 0 spiro atoms. The molecule has 0 heterocycles. The lowest BCUT2D eigenvalue weighted by atomic mass is 10.1. The molecule has 0 bridgehead atoms. The average molecular weight is 335 g/mol. The van der Waals surface area contributed by atoms with Crippen LogP contribution in [0.1, 0.15) is 16.7 Å². The fourth-order valence-electron chi connectivity index (χ4n) is 1.86. The van der Waals surface area contributed by atoms with Gasteiger partial charge in [0.1, 0.15) is 11.6 Å². The van der Waals surface area contributed by atoms with E-state index in [1.807, 2.05) is 26.0 Å². The first-order chi connectivity index (χ1) is 11.0. The minimum atomic E-state index is -0.512. The predicted octanol–water partition coefficient (Wildman–Crippen LogP) is 3.63. The summed E-state index contributed by atoms with van der Waals surface area (Å²) < 4.78 is 19.0. The molecule has 0 saturated heterocycles. The van der Waals surface area contributed by atoms with E-state index in [9.17, 15) is 9.18 Å². The van der Waals surface area contributed by atoms with Crippen LogP contribution in [0.25, 0.3) is 0 Å². The van der Waals surface area contributed by atoms with Crippen molar-refractivity contribution in [3.8, 4) is 5.75 Å². The monoisotopic (exact) mass is 334 g/mol. The zero-order valence-electron chi connectivity index (χ0n) is 12.8. The highest BCUT2D eigenvalue weighted by Gasteiger charge is 2.06. The van der Waals surface area contributed by atoms with Crippen LogP contribution in [0.4, 0.5) is 4.39 Å². The SMILES string of the molecule is Cc1cccc(OCC(=O)NN=Cc2c(F)cccc2Cl)c1C. The van der Waals surface area contributed by atoms with Crippen molar-refractivity contribution in [1.29, 1.82) is 0 Å². The first kappa shape index (κ1) is 17.0. The van der Waals surface area contributed by atoms with Crippen molar-refractivity contribution in [3.05, 3.63) is 63.9 Å². The van der Waals surface area contributed by atoms with Gasteiger partial charge in [-0.25, -0.2) is 9.82 Å². The number of carbonyl (C=O) groups is 1. The number of hydrogen-bond acceptors (Lipinski definition) is 3. The molecule has 0 aliphatic rings. The second-order valence-corrected chi connectivity index (χ2v) is 5.32. The van der Waals surface area contributed by atoms with Gasteiger partial charge in [0.05, 0.1) is 11.2 Å². The predicted molar refractivity (Wildman–Crippen MR) is 88.6 cm³/mol. The Balaban J connectivity index is 1.90. The summed E-state index contributed by atoms with van der Waals surface area (Å²) in [5, 5.41) is 3.90. The van der Waals surface area contributed by atoms with Gasteiger partial charge < -0.3 is 4.74 Å². The zero-order chi connectivity index (χ0) is 16.8. The maximum Gasteiger partial charge on any atom is 0.277 e. The molecule has 0 aliphatic heterocycles. The van der Waals surface area contributed by atoms with Gasteiger partial charge in [0.15, 0.2) is 6.61 Å². The normalized spacial score (nSPS) is 10.8. The number of ether oxygens (including phenoxy) is 1. The molecule has 2 aromatic carbocycles. The van der Waals surface area contributed by atoms with E-state index in [4.69, 9.17) is 16.3 Å². The number of hydrogen-bond donors (Lipinski definition) is 1. The van der Waals surface area contributed by atoms with Gasteiger partial charge in [0.25, 0.3) is 5.91 Å². The summed E-state index contributed by atoms with van der Waals surface area (Å²) in [5.74, 6) is -0.321. The molecule has 23 heavy (non-hydrogen) atoms. The van der Waals surface area contributed by atoms with Gasteiger partial charge >= 0.3 is 0 Å². The number of aryl methyl sites for hydroxylation is 1. The van der Waals surface area contributed by atoms with E-state index in [1.165, 1.54) is 18.2 Å². The molecule has 2 rings (SSSR count). The van der Waals surface area contributed by atoms with Crippen molar-refractivity contribution in [3.63, 3.8) is 0 Å². The minimum Gasteiger partial charge on any atom is -0.483 e. The highest BCUT2D eigenvalue weighted by Crippen LogP contribution is 2.20. The molecule has 0 fully saturated rings. The molecule has 2 aromatic rings. The van der Waals surface area contributed by atoms with Crippen LogP contribution in [0, 0.1) is 19.7 Å². The van der Waals surface area contributed by atoms with Gasteiger partial charge in [-0.3, -0.25) is 4.79 Å². The van der Waals surface area contributed by atoms with Gasteiger partial charge in [-0.05, 0) is 43.2 Å². The Morgan fingerprint density at radius 1 is 1.30 bits per heavy atom. The number of hydrazone groups is 1. The smallest absolute Gasteiger partial charge is 0.277 e. The molecule has 0 atom stereocenters. The molecule has 1 N–H and O–H groups in total. The Kier molecular flexibility index (Phi) is 5.71. The molecule has 0 radical (unpaired) electrons. The largest absolute Gasteiger partial charge is 0.483 e. The molecular weight excluding hydrogens is 319 g/mol. The minimum absolute atomic E-state index is 0.116. The molecule has 1 amide bonds. The van der Waals surface area contributed by atoms with Crippen LogP contribution in [-0.2, 0) is 4.79 Å². The lowest BCUT2D eigenvalue weighted by molar-refractivity contribution is -0.123. The Morgan fingerprint density at radius 2 is 2.04 bits per heavy atom. The number of rotatable bonds is 5. The van der Waals surface area contributed by atoms with Crippen molar-refractivity contribution in [2.45, 2.75) is 13.8 Å². The second-order valence-electron chi connectivity index (χ2n) is 4.92. The summed E-state index contributed by atoms with van der Waals surface area (Å²) in [6.07, 6.45) is 1.16. The number of benzene rings is 2. The van der Waals surface area contributed by atoms with E-state index in [0.29, 0.717) is 5.75 Å². The van der Waals surface area contributed by atoms with Crippen molar-refractivity contribution < 1.29 is 13.9 Å². The van der Waals surface area contributed by atoms with Crippen LogP contribution in [0.15, 0.2) is 41.5 Å². The van der Waals surface area contributed by atoms with Crippen LogP contribution < -0.4 is 10.2 Å². The van der Waals surface area contributed by atoms with Gasteiger partial charge in [0.2, 0.25) is 0 Å². The van der Waals surface area contributed by atoms with Crippen LogP contribution in [0.3, 0.4) is 0 Å². The molecule has 0 aromatic heterocycles. The second kappa shape index (κ2) is 7.74. The van der Waals surface area contributed by atoms with Crippen molar-refractivity contribution in [2.24, 2.45) is 5.10 Å². The summed E-state index contributed by atoms with van der Waals surface area (Å²) in [6, 6.07) is 9.90. The van der Waals surface area contributed by atoms with E-state index >= 15 is 0 Å². The van der Waals surface area contributed by atoms with Gasteiger partial charge in [-0.2, -0.15) is 5.10 Å². The highest BCUT2D eigenvalue weighted by atomic mass is 35.5. The molecule has 0 aliphatic carbocycles. The zero-order valence-corrected chi connectivity index (χ0v) is 13.5. The number of carbonyl (C=O) groups excluding carboxylic acids is 1. The molecule has 6 heteroatoms. The van der Waals surface area contributed by atoms with Gasteiger partial charge in [-0.15, -0.1) is 0 Å². The lowest BCUT2D eigenvalue weighted by Gasteiger charge is -2.09. The van der Waals surface area contributed by atoms with Crippen LogP contribution in [0.2, 0.25) is 5.02 Å². The lowest BCUT2D eigenvalue weighted by Crippen LogP contribution is -2.24. The van der Waals surface area contributed by atoms with Crippen molar-refractivity contribution in [2.75, 3.05) is 6.61 Å². The molecule has 4 nitrogen and oxygen atoms in total. The van der Waals surface area contributed by atoms with E-state index in [2.05, 4.69) is 10.5 Å². The number of nitrogens with one attached hydrogen (secondary N) is 1. The third-order valence-corrected chi connectivity index (χ3v) is 3.63. The van der Waals surface area contributed by atoms with E-state index in [0.717, 1.165) is 17.3 Å². The molecule has 120 valence electrons. The third-order valence-electron chi connectivity index (χ3n) is 3.30. The summed E-state index contributed by atoms with van der Waals surface area (Å²) in [7, 11) is 0. The quantitative estimate of drug-likeness (QED) is 0.670. The van der Waals surface area contributed by atoms with Crippen molar-refractivity contribution >= 4 is 23.7 Å². The summed E-state index contributed by atoms with van der Waals surface area (Å²) in [6.45, 7) is 3.69. The van der Waals surface area contributed by atoms with E-state index in [1.54, 1.807) is 6.07 Å². The summed E-state index contributed by atoms with van der Waals surface area (Å²) in [5.41, 5.74) is 4.44. The molecular formula is C17H16ClFN2O2. The summed E-state index contributed by atoms with van der Waals surface area (Å²) in [4.78, 5) is 11.7. The fraction of sp³-hybridized carbons (Fsp3) is 0.176. The first-order valence-electron chi connectivity index (χ1n) is 6.94. The number of nitrogens with zero attached hydrogens (tertiary/aromatic N) is 1. The number of halogens is 2. The highest BCUT2D eigenvalue weighted by molar-refractivity contribution is 6.33. The summed E-state index contributed by atoms with van der Waals surface area (Å²) >= 11 is 5.85.